The molecule has 0 radical (unpaired) electrons. The number of hydrogen-bond acceptors (Lipinski definition) is 8. The number of rotatable bonds is 41. The Morgan fingerprint density at radius 3 is 1.37 bits per heavy atom. The Labute approximate surface area is 319 Å². The monoisotopic (exact) mass is 760 g/mol. The van der Waals surface area contributed by atoms with E-state index in [9.17, 15) is 19.0 Å². The number of esters is 2. The number of phosphoric ester groups is 1. The summed E-state index contributed by atoms with van der Waals surface area (Å²) in [5.41, 5.74) is 5.34. The Morgan fingerprint density at radius 2 is 0.942 bits per heavy atom. The lowest BCUT2D eigenvalue weighted by atomic mass is 10.0. The first-order chi connectivity index (χ1) is 25.3. The van der Waals surface area contributed by atoms with E-state index in [1.54, 1.807) is 0 Å². The largest absolute Gasteiger partial charge is 0.472 e. The molecule has 0 fully saturated rings. The molecule has 0 aliphatic heterocycles. The predicted octanol–water partition coefficient (Wildman–Crippen LogP) is 12.2. The first kappa shape index (κ1) is 50.8. The van der Waals surface area contributed by atoms with Crippen LogP contribution < -0.4 is 5.73 Å². The van der Waals surface area contributed by atoms with Gasteiger partial charge in [0.2, 0.25) is 0 Å². The van der Waals surface area contributed by atoms with E-state index in [0.717, 1.165) is 44.9 Å². The molecule has 308 valence electrons. The van der Waals surface area contributed by atoms with Crippen LogP contribution in [0.1, 0.15) is 213 Å². The van der Waals surface area contributed by atoms with Crippen LogP contribution in [0.2, 0.25) is 0 Å². The summed E-state index contributed by atoms with van der Waals surface area (Å²) in [7, 11) is -4.37. The standard InChI is InChI=1S/C42H82NO8P/c1-3-5-7-9-11-13-15-17-19-20-21-23-25-27-29-31-33-35-42(45)51-40(39-50-52(46,47)49-37-36-43)38-48-41(44)34-32-30-28-26-24-22-18-16-14-12-10-8-6-4-2/h17,19,40H,3-16,18,20-39,43H2,1-2H3,(H,46,47)/b19-17-. The van der Waals surface area contributed by atoms with Gasteiger partial charge in [-0.25, -0.2) is 4.57 Å². The second-order valence-electron chi connectivity index (χ2n) is 14.6. The van der Waals surface area contributed by atoms with Gasteiger partial charge in [0.1, 0.15) is 6.61 Å². The van der Waals surface area contributed by atoms with E-state index >= 15 is 0 Å². The van der Waals surface area contributed by atoms with E-state index in [4.69, 9.17) is 24.3 Å². The number of unbranched alkanes of at least 4 members (excludes halogenated alkanes) is 26. The minimum atomic E-state index is -4.37. The molecule has 0 aliphatic carbocycles. The van der Waals surface area contributed by atoms with Crippen molar-refractivity contribution in [1.29, 1.82) is 0 Å². The zero-order chi connectivity index (χ0) is 38.2. The van der Waals surface area contributed by atoms with Crippen molar-refractivity contribution in [1.82, 2.24) is 0 Å². The number of carbonyl (C=O) groups is 2. The van der Waals surface area contributed by atoms with Crippen molar-refractivity contribution in [3.05, 3.63) is 12.2 Å². The fraction of sp³-hybridized carbons (Fsp3) is 0.905. The van der Waals surface area contributed by atoms with Crippen LogP contribution in [0, 0.1) is 0 Å². The number of phosphoric acid groups is 1. The van der Waals surface area contributed by atoms with Gasteiger partial charge < -0.3 is 20.1 Å². The molecule has 10 heteroatoms. The van der Waals surface area contributed by atoms with E-state index in [-0.39, 0.29) is 38.6 Å². The molecular formula is C42H82NO8P. The molecule has 52 heavy (non-hydrogen) atoms. The van der Waals surface area contributed by atoms with Crippen LogP contribution in [0.3, 0.4) is 0 Å². The van der Waals surface area contributed by atoms with Gasteiger partial charge in [-0.05, 0) is 38.5 Å². The smallest absolute Gasteiger partial charge is 0.462 e. The summed E-state index contributed by atoms with van der Waals surface area (Å²) >= 11 is 0. The van der Waals surface area contributed by atoms with E-state index in [0.29, 0.717) is 6.42 Å². The highest BCUT2D eigenvalue weighted by atomic mass is 31.2. The van der Waals surface area contributed by atoms with Crippen LogP contribution in [-0.2, 0) is 32.7 Å². The van der Waals surface area contributed by atoms with Gasteiger partial charge in [-0.1, -0.05) is 174 Å². The molecule has 2 unspecified atom stereocenters. The maximum atomic E-state index is 12.6. The van der Waals surface area contributed by atoms with Crippen molar-refractivity contribution < 1.29 is 37.6 Å². The third-order valence-corrected chi connectivity index (χ3v) is 10.4. The Morgan fingerprint density at radius 1 is 0.558 bits per heavy atom. The summed E-state index contributed by atoms with van der Waals surface area (Å²) in [4.78, 5) is 34.8. The molecule has 0 amide bonds. The minimum Gasteiger partial charge on any atom is -0.462 e. The van der Waals surface area contributed by atoms with Crippen molar-refractivity contribution in [2.75, 3.05) is 26.4 Å². The Hall–Kier alpha value is -1.25. The molecule has 2 atom stereocenters. The highest BCUT2D eigenvalue weighted by Gasteiger charge is 2.26. The lowest BCUT2D eigenvalue weighted by molar-refractivity contribution is -0.161. The highest BCUT2D eigenvalue weighted by Crippen LogP contribution is 2.43. The number of carbonyl (C=O) groups excluding carboxylic acids is 2. The van der Waals surface area contributed by atoms with E-state index < -0.39 is 26.5 Å². The third kappa shape index (κ3) is 38.5. The lowest BCUT2D eigenvalue weighted by Gasteiger charge is -2.19. The van der Waals surface area contributed by atoms with Crippen molar-refractivity contribution >= 4 is 19.8 Å². The number of allylic oxidation sites excluding steroid dienone is 2. The highest BCUT2D eigenvalue weighted by molar-refractivity contribution is 7.47. The molecule has 0 bridgehead atoms. The SMILES string of the molecule is CCCCCCCC/C=C\CCCCCCCCCC(=O)OC(COC(=O)CCCCCCCCCCCCCCCC)COP(=O)(O)OCCN. The Bertz CT molecular complexity index is 871. The molecule has 0 aromatic carbocycles. The quantitative estimate of drug-likeness (QED) is 0.0270. The fourth-order valence-corrected chi connectivity index (χ4v) is 6.92. The first-order valence-electron chi connectivity index (χ1n) is 21.7. The molecule has 0 saturated carbocycles. The van der Waals surface area contributed by atoms with Gasteiger partial charge in [0, 0.05) is 19.4 Å². The minimum absolute atomic E-state index is 0.0554. The fourth-order valence-electron chi connectivity index (χ4n) is 6.16. The van der Waals surface area contributed by atoms with Crippen molar-refractivity contribution in [2.45, 2.75) is 219 Å². The van der Waals surface area contributed by atoms with E-state index in [1.165, 1.54) is 135 Å². The molecular weight excluding hydrogens is 677 g/mol. The van der Waals surface area contributed by atoms with E-state index in [1.807, 2.05) is 0 Å². The summed E-state index contributed by atoms with van der Waals surface area (Å²) < 4.78 is 32.8. The first-order valence-corrected chi connectivity index (χ1v) is 23.2. The van der Waals surface area contributed by atoms with Crippen LogP contribution in [0.4, 0.5) is 0 Å². The van der Waals surface area contributed by atoms with Crippen molar-refractivity contribution in [3.63, 3.8) is 0 Å². The average molecular weight is 760 g/mol. The zero-order valence-electron chi connectivity index (χ0n) is 33.8. The number of hydrogen-bond donors (Lipinski definition) is 2. The summed E-state index contributed by atoms with van der Waals surface area (Å²) in [5.74, 6) is -0.823. The molecule has 0 heterocycles. The normalized spacial score (nSPS) is 13.4. The van der Waals surface area contributed by atoms with Gasteiger partial charge in [0.15, 0.2) is 6.10 Å². The summed E-state index contributed by atoms with van der Waals surface area (Å²) in [6.45, 7) is 3.75. The topological polar surface area (TPSA) is 134 Å². The molecule has 0 spiro atoms. The maximum absolute atomic E-state index is 12.6. The van der Waals surface area contributed by atoms with Gasteiger partial charge in [-0.15, -0.1) is 0 Å². The molecule has 0 aromatic heterocycles. The van der Waals surface area contributed by atoms with Crippen LogP contribution in [0.5, 0.6) is 0 Å². The zero-order valence-corrected chi connectivity index (χ0v) is 34.7. The molecule has 0 aromatic rings. The Balaban J connectivity index is 4.13. The molecule has 3 N–H and O–H groups in total. The predicted molar refractivity (Wildman–Crippen MR) is 215 cm³/mol. The average Bonchev–Trinajstić information content (AvgIpc) is 3.13. The van der Waals surface area contributed by atoms with E-state index in [2.05, 4.69) is 26.0 Å². The number of nitrogens with two attached hydrogens (primary N) is 1. The van der Waals surface area contributed by atoms with Crippen LogP contribution >= 0.6 is 7.82 Å². The number of ether oxygens (including phenoxy) is 2. The summed E-state index contributed by atoms with van der Waals surface area (Å²) in [6.07, 6.45) is 39.5. The maximum Gasteiger partial charge on any atom is 0.472 e. The Kier molecular flexibility index (Phi) is 38.5. The van der Waals surface area contributed by atoms with Gasteiger partial charge in [-0.2, -0.15) is 0 Å². The second-order valence-corrected chi connectivity index (χ2v) is 16.0. The third-order valence-electron chi connectivity index (χ3n) is 9.40. The van der Waals surface area contributed by atoms with Gasteiger partial charge >= 0.3 is 19.8 Å². The molecule has 0 aliphatic rings. The van der Waals surface area contributed by atoms with Crippen molar-refractivity contribution in [3.8, 4) is 0 Å². The van der Waals surface area contributed by atoms with Gasteiger partial charge in [0.25, 0.3) is 0 Å². The van der Waals surface area contributed by atoms with Crippen LogP contribution in [0.25, 0.3) is 0 Å². The second kappa shape index (κ2) is 39.4. The van der Waals surface area contributed by atoms with Crippen molar-refractivity contribution in [2.24, 2.45) is 5.73 Å². The summed E-state index contributed by atoms with van der Waals surface area (Å²) in [5, 5.41) is 0. The van der Waals surface area contributed by atoms with Gasteiger partial charge in [-0.3, -0.25) is 18.6 Å². The van der Waals surface area contributed by atoms with Gasteiger partial charge in [0.05, 0.1) is 13.2 Å². The van der Waals surface area contributed by atoms with Crippen LogP contribution in [-0.4, -0.2) is 49.3 Å². The molecule has 0 saturated heterocycles. The lowest BCUT2D eigenvalue weighted by Crippen LogP contribution is -2.29. The van der Waals surface area contributed by atoms with Crippen LogP contribution in [0.15, 0.2) is 12.2 Å². The summed E-state index contributed by atoms with van der Waals surface area (Å²) in [6, 6.07) is 0. The molecule has 9 nitrogen and oxygen atoms in total. The molecule has 0 rings (SSSR count).